The second kappa shape index (κ2) is 8.37. The molecule has 0 radical (unpaired) electrons. The van der Waals surface area contributed by atoms with Gasteiger partial charge in [-0.15, -0.1) is 11.3 Å². The lowest BCUT2D eigenvalue weighted by molar-refractivity contribution is 0.631. The fraction of sp³-hybridized carbons (Fsp3) is 0.174. The number of aromatic nitrogens is 3. The lowest BCUT2D eigenvalue weighted by Gasteiger charge is -2.14. The number of H-pyrrole nitrogens is 1. The molecular formula is C23H19ClFN5OS. The van der Waals surface area contributed by atoms with Gasteiger partial charge in [0, 0.05) is 51.2 Å². The van der Waals surface area contributed by atoms with Gasteiger partial charge in [-0.05, 0) is 50.1 Å². The van der Waals surface area contributed by atoms with Gasteiger partial charge in [-0.25, -0.2) is 14.4 Å². The second-order valence-electron chi connectivity index (χ2n) is 7.69. The zero-order chi connectivity index (χ0) is 22.2. The Bertz CT molecular complexity index is 1360. The smallest absolute Gasteiger partial charge is 0.256 e. The molecule has 162 valence electrons. The molecule has 0 spiro atoms. The predicted molar refractivity (Wildman–Crippen MR) is 127 cm³/mol. The molecule has 1 saturated carbocycles. The Hall–Kier alpha value is -3.23. The highest BCUT2D eigenvalue weighted by Gasteiger charge is 2.28. The van der Waals surface area contributed by atoms with E-state index >= 15 is 0 Å². The lowest BCUT2D eigenvalue weighted by Crippen LogP contribution is -2.14. The van der Waals surface area contributed by atoms with E-state index in [0.29, 0.717) is 10.8 Å². The zero-order valence-electron chi connectivity index (χ0n) is 17.1. The highest BCUT2D eigenvalue weighted by atomic mass is 35.5. The van der Waals surface area contributed by atoms with E-state index in [1.807, 2.05) is 19.1 Å². The number of rotatable bonds is 6. The first kappa shape index (κ1) is 20.7. The topological polar surface area (TPSA) is 82.7 Å². The number of thiazole rings is 1. The summed E-state index contributed by atoms with van der Waals surface area (Å²) in [5.41, 5.74) is 2.38. The van der Waals surface area contributed by atoms with Crippen molar-refractivity contribution in [1.29, 1.82) is 0 Å². The highest BCUT2D eigenvalue weighted by molar-refractivity contribution is 7.15. The van der Waals surface area contributed by atoms with Crippen LogP contribution in [0.3, 0.4) is 0 Å². The molecule has 4 aromatic rings. The van der Waals surface area contributed by atoms with E-state index in [0.717, 1.165) is 39.9 Å². The average molecular weight is 468 g/mol. The highest BCUT2D eigenvalue weighted by Crippen LogP contribution is 2.43. The summed E-state index contributed by atoms with van der Waals surface area (Å²) < 4.78 is 14.5. The van der Waals surface area contributed by atoms with Crippen LogP contribution >= 0.6 is 22.9 Å². The van der Waals surface area contributed by atoms with Crippen LogP contribution in [0.25, 0.3) is 11.1 Å². The van der Waals surface area contributed by atoms with Crippen molar-refractivity contribution in [2.75, 3.05) is 10.6 Å². The van der Waals surface area contributed by atoms with Crippen LogP contribution in [-0.4, -0.2) is 15.0 Å². The van der Waals surface area contributed by atoms with Gasteiger partial charge in [0.15, 0.2) is 5.13 Å². The molecule has 1 fully saturated rings. The van der Waals surface area contributed by atoms with Gasteiger partial charge in [0.1, 0.15) is 11.6 Å². The molecule has 3 heterocycles. The number of aromatic amines is 1. The summed E-state index contributed by atoms with van der Waals surface area (Å²) in [4.78, 5) is 25.5. The van der Waals surface area contributed by atoms with Crippen molar-refractivity contribution in [1.82, 2.24) is 15.0 Å². The van der Waals surface area contributed by atoms with Crippen LogP contribution in [0, 0.1) is 12.7 Å². The number of halogens is 2. The summed E-state index contributed by atoms with van der Waals surface area (Å²) in [6, 6.07) is 9.57. The van der Waals surface area contributed by atoms with Crippen molar-refractivity contribution in [2.45, 2.75) is 25.7 Å². The molecule has 6 nitrogen and oxygen atoms in total. The standard InChI is InChI=1S/C23H19ClFN5OS/c1-12-11-27-23(32-12)29-20-9-15(6-7-26-20)28-19-10-17(16-8-14(24)4-5-18(16)25)22(31)30-21(19)13-2-3-13/h4-11,13H,2-3H2,1H3,(H,30,31)(H2,26,27,28,29). The Balaban J connectivity index is 1.51. The minimum Gasteiger partial charge on any atom is -0.354 e. The number of pyridine rings is 2. The number of nitrogens with one attached hydrogen (secondary N) is 3. The van der Waals surface area contributed by atoms with Gasteiger partial charge in [-0.3, -0.25) is 4.79 Å². The van der Waals surface area contributed by atoms with Crippen LogP contribution in [0.15, 0.2) is 53.6 Å². The summed E-state index contributed by atoms with van der Waals surface area (Å²) in [6.45, 7) is 1.99. The molecule has 3 aromatic heterocycles. The maximum absolute atomic E-state index is 14.5. The Morgan fingerprint density at radius 2 is 1.97 bits per heavy atom. The van der Waals surface area contributed by atoms with Crippen molar-refractivity contribution >= 4 is 45.3 Å². The number of aryl methyl sites for hydroxylation is 1. The van der Waals surface area contributed by atoms with Crippen molar-refractivity contribution in [3.63, 3.8) is 0 Å². The molecule has 3 N–H and O–H groups in total. The Kier molecular flexibility index (Phi) is 5.40. The summed E-state index contributed by atoms with van der Waals surface area (Å²) in [5.74, 6) is 0.420. The van der Waals surface area contributed by atoms with E-state index < -0.39 is 5.82 Å². The number of benzene rings is 1. The molecule has 0 bridgehead atoms. The average Bonchev–Trinajstić information content (AvgIpc) is 3.53. The Morgan fingerprint density at radius 1 is 1.12 bits per heavy atom. The van der Waals surface area contributed by atoms with Gasteiger partial charge in [-0.1, -0.05) is 11.6 Å². The fourth-order valence-electron chi connectivity index (χ4n) is 3.50. The van der Waals surface area contributed by atoms with Gasteiger partial charge in [0.05, 0.1) is 11.3 Å². The van der Waals surface area contributed by atoms with Crippen LogP contribution in [0.2, 0.25) is 5.02 Å². The van der Waals surface area contributed by atoms with Gasteiger partial charge in [0.25, 0.3) is 5.56 Å². The third-order valence-electron chi connectivity index (χ3n) is 5.17. The summed E-state index contributed by atoms with van der Waals surface area (Å²) in [7, 11) is 0. The monoisotopic (exact) mass is 467 g/mol. The quantitative estimate of drug-likeness (QED) is 0.307. The second-order valence-corrected chi connectivity index (χ2v) is 9.36. The van der Waals surface area contributed by atoms with Gasteiger partial charge < -0.3 is 15.6 Å². The van der Waals surface area contributed by atoms with Crippen molar-refractivity contribution in [3.05, 3.63) is 80.6 Å². The lowest BCUT2D eigenvalue weighted by atomic mass is 10.0. The maximum atomic E-state index is 14.5. The third kappa shape index (κ3) is 4.37. The van der Waals surface area contributed by atoms with E-state index in [2.05, 4.69) is 25.6 Å². The number of hydrogen-bond donors (Lipinski definition) is 3. The van der Waals surface area contributed by atoms with Crippen molar-refractivity contribution < 1.29 is 4.39 Å². The molecule has 1 aliphatic rings. The number of hydrogen-bond acceptors (Lipinski definition) is 6. The molecule has 0 amide bonds. The SMILES string of the molecule is Cc1cnc(Nc2cc(Nc3cc(-c4cc(Cl)ccc4F)c(=O)[nH]c3C3CC3)ccn2)s1. The van der Waals surface area contributed by atoms with E-state index in [-0.39, 0.29) is 22.6 Å². The first-order valence-electron chi connectivity index (χ1n) is 10.1. The van der Waals surface area contributed by atoms with Gasteiger partial charge >= 0.3 is 0 Å². The molecule has 32 heavy (non-hydrogen) atoms. The minimum atomic E-state index is -0.501. The molecule has 0 saturated heterocycles. The Labute approximate surface area is 192 Å². The zero-order valence-corrected chi connectivity index (χ0v) is 18.6. The van der Waals surface area contributed by atoms with Crippen molar-refractivity contribution in [2.24, 2.45) is 0 Å². The fourth-order valence-corrected chi connectivity index (χ4v) is 4.34. The Morgan fingerprint density at radius 3 is 2.72 bits per heavy atom. The molecule has 1 aliphatic carbocycles. The summed E-state index contributed by atoms with van der Waals surface area (Å²) in [5, 5.41) is 7.69. The summed E-state index contributed by atoms with van der Waals surface area (Å²) in [6.07, 6.45) is 5.49. The molecule has 0 unspecified atom stereocenters. The van der Waals surface area contributed by atoms with E-state index in [1.54, 1.807) is 29.8 Å². The first-order chi connectivity index (χ1) is 15.5. The van der Waals surface area contributed by atoms with Crippen molar-refractivity contribution in [3.8, 4) is 11.1 Å². The maximum Gasteiger partial charge on any atom is 0.256 e. The molecule has 9 heteroatoms. The third-order valence-corrected chi connectivity index (χ3v) is 6.23. The van der Waals surface area contributed by atoms with E-state index in [4.69, 9.17) is 11.6 Å². The van der Waals surface area contributed by atoms with Crippen LogP contribution in [0.5, 0.6) is 0 Å². The molecule has 1 aromatic carbocycles. The van der Waals surface area contributed by atoms with Crippen LogP contribution in [0.4, 0.5) is 26.7 Å². The normalized spacial score (nSPS) is 13.2. The molecule has 5 rings (SSSR count). The van der Waals surface area contributed by atoms with Gasteiger partial charge in [0.2, 0.25) is 0 Å². The van der Waals surface area contributed by atoms with Crippen LogP contribution < -0.4 is 16.2 Å². The van der Waals surface area contributed by atoms with E-state index in [1.165, 1.54) is 18.2 Å². The minimum absolute atomic E-state index is 0.167. The predicted octanol–water partition coefficient (Wildman–Crippen LogP) is 6.36. The first-order valence-corrected chi connectivity index (χ1v) is 11.3. The van der Waals surface area contributed by atoms with Crippen LogP contribution in [-0.2, 0) is 0 Å². The number of nitrogens with zero attached hydrogens (tertiary/aromatic N) is 2. The molecule has 0 aliphatic heterocycles. The van der Waals surface area contributed by atoms with Crippen LogP contribution in [0.1, 0.15) is 29.3 Å². The van der Waals surface area contributed by atoms with Gasteiger partial charge in [-0.2, -0.15) is 0 Å². The molecule has 0 atom stereocenters. The molecular weight excluding hydrogens is 449 g/mol. The number of anilines is 4. The van der Waals surface area contributed by atoms with E-state index in [9.17, 15) is 9.18 Å². The summed E-state index contributed by atoms with van der Waals surface area (Å²) >= 11 is 7.60. The largest absolute Gasteiger partial charge is 0.354 e.